The van der Waals surface area contributed by atoms with Gasteiger partial charge in [-0.1, -0.05) is 36.4 Å². The zero-order chi connectivity index (χ0) is 16.5. The van der Waals surface area contributed by atoms with Gasteiger partial charge in [-0.05, 0) is 35.2 Å². The first-order valence-electron chi connectivity index (χ1n) is 8.48. The summed E-state index contributed by atoms with van der Waals surface area (Å²) in [5.74, 6) is 1.23. The Morgan fingerprint density at radius 3 is 2.58 bits per heavy atom. The van der Waals surface area contributed by atoms with Crippen LogP contribution in [0, 0.1) is 5.92 Å². The molecule has 2 aromatic rings. The van der Waals surface area contributed by atoms with Gasteiger partial charge in [0.1, 0.15) is 5.75 Å². The van der Waals surface area contributed by atoms with E-state index in [0.29, 0.717) is 6.54 Å². The van der Waals surface area contributed by atoms with E-state index in [4.69, 9.17) is 4.74 Å². The van der Waals surface area contributed by atoms with Crippen molar-refractivity contribution in [3.63, 3.8) is 0 Å². The van der Waals surface area contributed by atoms with Crippen molar-refractivity contribution < 1.29 is 9.53 Å². The van der Waals surface area contributed by atoms with Gasteiger partial charge in [0, 0.05) is 19.6 Å². The van der Waals surface area contributed by atoms with Crippen LogP contribution >= 0.6 is 0 Å². The zero-order valence-electron chi connectivity index (χ0n) is 13.9. The summed E-state index contributed by atoms with van der Waals surface area (Å²) in [4.78, 5) is 15.0. The number of carbonyl (C=O) groups excluding carboxylic acids is 1. The molecule has 2 aliphatic heterocycles. The Balaban J connectivity index is 1.70. The summed E-state index contributed by atoms with van der Waals surface area (Å²) in [5, 5.41) is 3.21. The van der Waals surface area contributed by atoms with Crippen LogP contribution in [-0.2, 0) is 17.8 Å². The molecule has 24 heavy (non-hydrogen) atoms. The van der Waals surface area contributed by atoms with Crippen molar-refractivity contribution in [2.45, 2.75) is 19.0 Å². The van der Waals surface area contributed by atoms with Crippen molar-refractivity contribution in [1.29, 1.82) is 0 Å². The van der Waals surface area contributed by atoms with Gasteiger partial charge < -0.3 is 15.0 Å². The molecule has 0 radical (unpaired) electrons. The third kappa shape index (κ3) is 2.67. The normalized spacial score (nSPS) is 20.2. The molecule has 0 bridgehead atoms. The van der Waals surface area contributed by atoms with E-state index >= 15 is 0 Å². The Morgan fingerprint density at radius 1 is 1.12 bits per heavy atom. The highest BCUT2D eigenvalue weighted by atomic mass is 16.5. The second-order valence-electron chi connectivity index (χ2n) is 6.59. The lowest BCUT2D eigenvalue weighted by Crippen LogP contribution is -2.53. The summed E-state index contributed by atoms with van der Waals surface area (Å²) in [7, 11) is 1.68. The molecule has 0 aliphatic carbocycles. The molecule has 4 nitrogen and oxygen atoms in total. The monoisotopic (exact) mass is 322 g/mol. The van der Waals surface area contributed by atoms with E-state index in [1.165, 1.54) is 16.7 Å². The van der Waals surface area contributed by atoms with Gasteiger partial charge in [-0.15, -0.1) is 0 Å². The lowest BCUT2D eigenvalue weighted by Gasteiger charge is -2.41. The number of fused-ring (bicyclic) bond motifs is 1. The molecule has 124 valence electrons. The highest BCUT2D eigenvalue weighted by Gasteiger charge is 2.36. The molecule has 1 fully saturated rings. The number of carbonyl (C=O) groups is 1. The van der Waals surface area contributed by atoms with Gasteiger partial charge in [0.25, 0.3) is 0 Å². The van der Waals surface area contributed by atoms with Crippen LogP contribution in [0.4, 0.5) is 0 Å². The topological polar surface area (TPSA) is 41.6 Å². The molecule has 2 aliphatic rings. The molecule has 1 unspecified atom stereocenters. The van der Waals surface area contributed by atoms with Gasteiger partial charge in [-0.2, -0.15) is 0 Å². The van der Waals surface area contributed by atoms with Crippen molar-refractivity contribution in [2.75, 3.05) is 20.2 Å². The quantitative estimate of drug-likeness (QED) is 0.944. The predicted octanol–water partition coefficient (Wildman–Crippen LogP) is 2.54. The van der Waals surface area contributed by atoms with Crippen molar-refractivity contribution in [1.82, 2.24) is 10.2 Å². The number of nitrogens with one attached hydrogen (secondary N) is 1. The fourth-order valence-electron chi connectivity index (χ4n) is 3.59. The number of rotatable bonds is 3. The highest BCUT2D eigenvalue weighted by molar-refractivity contribution is 5.81. The van der Waals surface area contributed by atoms with Crippen molar-refractivity contribution in [3.05, 3.63) is 65.2 Å². The average molecular weight is 322 g/mol. The van der Waals surface area contributed by atoms with E-state index < -0.39 is 0 Å². The molecule has 0 saturated carbocycles. The van der Waals surface area contributed by atoms with Gasteiger partial charge in [0.2, 0.25) is 5.91 Å². The van der Waals surface area contributed by atoms with E-state index in [1.54, 1.807) is 7.11 Å². The fraction of sp³-hybridized carbons (Fsp3) is 0.350. The Labute approximate surface area is 142 Å². The molecule has 0 aromatic heterocycles. The summed E-state index contributed by atoms with van der Waals surface area (Å²) in [6.07, 6.45) is 0.856. The van der Waals surface area contributed by atoms with Crippen LogP contribution in [0.1, 0.15) is 22.7 Å². The van der Waals surface area contributed by atoms with Gasteiger partial charge >= 0.3 is 0 Å². The second kappa shape index (κ2) is 6.29. The molecule has 4 heteroatoms. The zero-order valence-corrected chi connectivity index (χ0v) is 13.9. The van der Waals surface area contributed by atoms with Crippen molar-refractivity contribution >= 4 is 5.91 Å². The third-order valence-corrected chi connectivity index (χ3v) is 5.14. The lowest BCUT2D eigenvalue weighted by atomic mass is 9.88. The summed E-state index contributed by atoms with van der Waals surface area (Å²) < 4.78 is 5.35. The first kappa shape index (κ1) is 15.2. The molecular weight excluding hydrogens is 300 g/mol. The summed E-state index contributed by atoms with van der Waals surface area (Å²) in [6.45, 7) is 2.24. The van der Waals surface area contributed by atoms with Crippen LogP contribution in [0.25, 0.3) is 0 Å². The van der Waals surface area contributed by atoms with Crippen LogP contribution < -0.4 is 10.1 Å². The van der Waals surface area contributed by atoms with Gasteiger partial charge in [0.15, 0.2) is 0 Å². The largest absolute Gasteiger partial charge is 0.497 e. The fourth-order valence-corrected chi connectivity index (χ4v) is 3.59. The van der Waals surface area contributed by atoms with Crippen LogP contribution in [0.3, 0.4) is 0 Å². The van der Waals surface area contributed by atoms with Gasteiger partial charge in [0.05, 0.1) is 19.1 Å². The maximum atomic E-state index is 13.0. The number of amides is 1. The Morgan fingerprint density at radius 2 is 1.92 bits per heavy atom. The second-order valence-corrected chi connectivity index (χ2v) is 6.59. The number of methoxy groups -OCH3 is 1. The molecule has 1 atom stereocenters. The minimum Gasteiger partial charge on any atom is -0.497 e. The number of hydrogen-bond acceptors (Lipinski definition) is 3. The van der Waals surface area contributed by atoms with Gasteiger partial charge in [-0.25, -0.2) is 0 Å². The summed E-state index contributed by atoms with van der Waals surface area (Å²) in [5.41, 5.74) is 3.71. The SMILES string of the molecule is COc1ccc2c(c1)CN(C(=O)C1CNC1)C(c1ccccc1)C2. The minimum absolute atomic E-state index is 0.111. The maximum Gasteiger partial charge on any atom is 0.229 e. The predicted molar refractivity (Wildman–Crippen MR) is 92.8 cm³/mol. The molecule has 0 spiro atoms. The Hall–Kier alpha value is -2.33. The van der Waals surface area contributed by atoms with Crippen LogP contribution in [-0.4, -0.2) is 31.0 Å². The maximum absolute atomic E-state index is 13.0. The smallest absolute Gasteiger partial charge is 0.229 e. The third-order valence-electron chi connectivity index (χ3n) is 5.14. The molecule has 2 aromatic carbocycles. The molecule has 2 heterocycles. The minimum atomic E-state index is 0.111. The first-order valence-corrected chi connectivity index (χ1v) is 8.48. The molecule has 1 saturated heterocycles. The van der Waals surface area contributed by atoms with E-state index in [0.717, 1.165) is 25.3 Å². The first-order chi connectivity index (χ1) is 11.8. The number of nitrogens with zero attached hydrogens (tertiary/aromatic N) is 1. The number of hydrogen-bond donors (Lipinski definition) is 1. The van der Waals surface area contributed by atoms with Crippen molar-refractivity contribution in [2.24, 2.45) is 5.92 Å². The van der Waals surface area contributed by atoms with Crippen molar-refractivity contribution in [3.8, 4) is 5.75 Å². The van der Waals surface area contributed by atoms with E-state index in [-0.39, 0.29) is 17.9 Å². The molecule has 1 N–H and O–H groups in total. The summed E-state index contributed by atoms with van der Waals surface area (Å²) >= 11 is 0. The van der Waals surface area contributed by atoms with Crippen LogP contribution in [0.2, 0.25) is 0 Å². The number of ether oxygens (including phenoxy) is 1. The van der Waals surface area contributed by atoms with E-state index in [2.05, 4.69) is 34.5 Å². The standard InChI is InChI=1S/C20H22N2O2/c1-24-18-8-7-15-10-19(14-5-3-2-4-6-14)22(13-16(15)9-18)20(23)17-11-21-12-17/h2-9,17,19,21H,10-13H2,1H3. The molecule has 4 rings (SSSR count). The number of benzene rings is 2. The average Bonchev–Trinajstić information content (AvgIpc) is 2.59. The lowest BCUT2D eigenvalue weighted by molar-refractivity contribution is -0.141. The molecule has 1 amide bonds. The van der Waals surface area contributed by atoms with Crippen LogP contribution in [0.5, 0.6) is 5.75 Å². The van der Waals surface area contributed by atoms with E-state index in [9.17, 15) is 4.79 Å². The highest BCUT2D eigenvalue weighted by Crippen LogP contribution is 2.36. The van der Waals surface area contributed by atoms with Gasteiger partial charge in [-0.3, -0.25) is 4.79 Å². The van der Waals surface area contributed by atoms with Crippen LogP contribution in [0.15, 0.2) is 48.5 Å². The Bertz CT molecular complexity index is 741. The Kier molecular flexibility index (Phi) is 3.98. The molecular formula is C20H22N2O2. The summed E-state index contributed by atoms with van der Waals surface area (Å²) in [6, 6.07) is 16.7. The van der Waals surface area contributed by atoms with E-state index in [1.807, 2.05) is 24.3 Å².